The van der Waals surface area contributed by atoms with Gasteiger partial charge in [0.25, 0.3) is 0 Å². The molecule has 0 nitrogen and oxygen atoms in total. The topological polar surface area (TPSA) is 0 Å². The molecule has 66 valence electrons. The number of hydrogen-bond donors (Lipinski definition) is 0. The highest BCUT2D eigenvalue weighted by atomic mass is 14.1. The summed E-state index contributed by atoms with van der Waals surface area (Å²) in [5.74, 6) is 0.812. The summed E-state index contributed by atoms with van der Waals surface area (Å²) < 4.78 is 0. The van der Waals surface area contributed by atoms with Crippen LogP contribution in [0, 0.1) is 5.92 Å². The molecule has 0 radical (unpaired) electrons. The Kier molecular flexibility index (Phi) is 5.27. The van der Waals surface area contributed by atoms with Crippen LogP contribution >= 0.6 is 0 Å². The van der Waals surface area contributed by atoms with Gasteiger partial charge in [0, 0.05) is 0 Å². The molecule has 0 saturated heterocycles. The zero-order valence-corrected chi connectivity index (χ0v) is 8.70. The average Bonchev–Trinajstić information content (AvgIpc) is 1.98. The van der Waals surface area contributed by atoms with Crippen LogP contribution in [0.2, 0.25) is 0 Å². The Bertz CT molecular complexity index is 129. The summed E-state index contributed by atoms with van der Waals surface area (Å²) in [6.45, 7) is 11.3. The molecule has 0 fully saturated rings. The van der Waals surface area contributed by atoms with Gasteiger partial charge in [0.15, 0.2) is 0 Å². The van der Waals surface area contributed by atoms with E-state index in [1.54, 1.807) is 11.1 Å². The van der Waals surface area contributed by atoms with Crippen LogP contribution in [0.25, 0.3) is 0 Å². The van der Waals surface area contributed by atoms with Gasteiger partial charge in [-0.2, -0.15) is 0 Å². The average molecular weight is 154 g/mol. The fraction of sp³-hybridized carbons (Fsp3) is 0.818. The van der Waals surface area contributed by atoms with Crippen LogP contribution in [0.15, 0.2) is 11.1 Å². The highest BCUT2D eigenvalue weighted by molar-refractivity contribution is 5.11. The van der Waals surface area contributed by atoms with Crippen molar-refractivity contribution in [3.05, 3.63) is 11.1 Å². The van der Waals surface area contributed by atoms with Gasteiger partial charge in [0.1, 0.15) is 0 Å². The Labute approximate surface area is 71.7 Å². The van der Waals surface area contributed by atoms with Gasteiger partial charge in [-0.05, 0) is 32.1 Å². The van der Waals surface area contributed by atoms with Gasteiger partial charge in [-0.3, -0.25) is 0 Å². The van der Waals surface area contributed by atoms with E-state index in [0.29, 0.717) is 0 Å². The lowest BCUT2D eigenvalue weighted by Gasteiger charge is -2.11. The van der Waals surface area contributed by atoms with Crippen molar-refractivity contribution < 1.29 is 0 Å². The summed E-state index contributed by atoms with van der Waals surface area (Å²) in [6.07, 6.45) is 3.74. The molecule has 0 atom stereocenters. The summed E-state index contributed by atoms with van der Waals surface area (Å²) in [5.41, 5.74) is 3.27. The molecule has 0 aliphatic rings. The summed E-state index contributed by atoms with van der Waals surface area (Å²) >= 11 is 0. The van der Waals surface area contributed by atoms with Crippen LogP contribution in [0.1, 0.15) is 53.9 Å². The van der Waals surface area contributed by atoms with Gasteiger partial charge in [0.05, 0.1) is 0 Å². The van der Waals surface area contributed by atoms with E-state index in [1.807, 2.05) is 0 Å². The summed E-state index contributed by atoms with van der Waals surface area (Å²) in [5, 5.41) is 0. The quantitative estimate of drug-likeness (QED) is 0.533. The molecule has 0 aromatic rings. The third kappa shape index (κ3) is 4.23. The van der Waals surface area contributed by atoms with E-state index >= 15 is 0 Å². The molecule has 0 heteroatoms. The third-order valence-corrected chi connectivity index (χ3v) is 2.22. The van der Waals surface area contributed by atoms with E-state index in [-0.39, 0.29) is 0 Å². The second-order valence-corrected chi connectivity index (χ2v) is 3.69. The van der Waals surface area contributed by atoms with Crippen LogP contribution in [0.3, 0.4) is 0 Å². The highest BCUT2D eigenvalue weighted by Gasteiger charge is 2.01. The number of rotatable bonds is 4. The maximum atomic E-state index is 2.29. The molecule has 11 heavy (non-hydrogen) atoms. The molecule has 0 aliphatic heterocycles. The standard InChI is InChI=1S/C11H22/c1-6-10(5)11(7-2)8-9(3)4/h9H,6-8H2,1-5H3/b11-10+. The molecular weight excluding hydrogens is 132 g/mol. The largest absolute Gasteiger partial charge is 0.0744 e. The minimum absolute atomic E-state index is 0.812. The Hall–Kier alpha value is -0.260. The Morgan fingerprint density at radius 1 is 1.09 bits per heavy atom. The zero-order chi connectivity index (χ0) is 8.85. The van der Waals surface area contributed by atoms with Gasteiger partial charge < -0.3 is 0 Å². The van der Waals surface area contributed by atoms with E-state index in [4.69, 9.17) is 0 Å². The lowest BCUT2D eigenvalue weighted by Crippen LogP contribution is -1.93. The summed E-state index contributed by atoms with van der Waals surface area (Å²) in [7, 11) is 0. The van der Waals surface area contributed by atoms with Crippen molar-refractivity contribution in [2.45, 2.75) is 53.9 Å². The Morgan fingerprint density at radius 2 is 1.64 bits per heavy atom. The van der Waals surface area contributed by atoms with Crippen molar-refractivity contribution in [1.29, 1.82) is 0 Å². The van der Waals surface area contributed by atoms with E-state index in [1.165, 1.54) is 19.3 Å². The van der Waals surface area contributed by atoms with E-state index < -0.39 is 0 Å². The molecule has 0 heterocycles. The summed E-state index contributed by atoms with van der Waals surface area (Å²) in [6, 6.07) is 0. The monoisotopic (exact) mass is 154 g/mol. The van der Waals surface area contributed by atoms with Crippen LogP contribution in [-0.2, 0) is 0 Å². The van der Waals surface area contributed by atoms with Crippen LogP contribution in [-0.4, -0.2) is 0 Å². The molecule has 0 bridgehead atoms. The van der Waals surface area contributed by atoms with E-state index in [9.17, 15) is 0 Å². The molecule has 0 rings (SSSR count). The SMILES string of the molecule is CC/C(C)=C(\CC)CC(C)C. The minimum Gasteiger partial charge on any atom is -0.0744 e. The van der Waals surface area contributed by atoms with Gasteiger partial charge in [-0.25, -0.2) is 0 Å². The van der Waals surface area contributed by atoms with Gasteiger partial charge in [-0.15, -0.1) is 0 Å². The maximum absolute atomic E-state index is 2.29. The van der Waals surface area contributed by atoms with Crippen molar-refractivity contribution >= 4 is 0 Å². The number of allylic oxidation sites excluding steroid dienone is 2. The predicted octanol–water partition coefficient (Wildman–Crippen LogP) is 4.17. The van der Waals surface area contributed by atoms with E-state index in [0.717, 1.165) is 5.92 Å². The Morgan fingerprint density at radius 3 is 1.91 bits per heavy atom. The third-order valence-electron chi connectivity index (χ3n) is 2.22. The zero-order valence-electron chi connectivity index (χ0n) is 8.70. The summed E-state index contributed by atoms with van der Waals surface area (Å²) in [4.78, 5) is 0. The maximum Gasteiger partial charge on any atom is -0.0295 e. The van der Waals surface area contributed by atoms with Crippen molar-refractivity contribution in [3.63, 3.8) is 0 Å². The first-order valence-corrected chi connectivity index (χ1v) is 4.79. The first-order valence-electron chi connectivity index (χ1n) is 4.79. The normalized spacial score (nSPS) is 13.6. The second-order valence-electron chi connectivity index (χ2n) is 3.69. The van der Waals surface area contributed by atoms with Crippen molar-refractivity contribution in [3.8, 4) is 0 Å². The molecule has 0 aliphatic carbocycles. The lowest BCUT2D eigenvalue weighted by molar-refractivity contribution is 0.623. The van der Waals surface area contributed by atoms with Crippen molar-refractivity contribution in [2.24, 2.45) is 5.92 Å². The van der Waals surface area contributed by atoms with Gasteiger partial charge >= 0.3 is 0 Å². The first-order chi connectivity index (χ1) is 5.11. The number of hydrogen-bond acceptors (Lipinski definition) is 0. The predicted molar refractivity (Wildman–Crippen MR) is 52.7 cm³/mol. The van der Waals surface area contributed by atoms with Crippen molar-refractivity contribution in [2.75, 3.05) is 0 Å². The lowest BCUT2D eigenvalue weighted by atomic mass is 9.96. The van der Waals surface area contributed by atoms with Crippen LogP contribution < -0.4 is 0 Å². The molecule has 0 unspecified atom stereocenters. The Balaban J connectivity index is 4.14. The first kappa shape index (κ1) is 10.7. The molecule has 0 amide bonds. The van der Waals surface area contributed by atoms with Crippen LogP contribution in [0.4, 0.5) is 0 Å². The fourth-order valence-electron chi connectivity index (χ4n) is 1.36. The van der Waals surface area contributed by atoms with Crippen LogP contribution in [0.5, 0.6) is 0 Å². The highest BCUT2D eigenvalue weighted by Crippen LogP contribution is 2.19. The molecule has 0 N–H and O–H groups in total. The smallest absolute Gasteiger partial charge is 0.0295 e. The minimum atomic E-state index is 0.812. The molecule has 0 aromatic heterocycles. The van der Waals surface area contributed by atoms with Gasteiger partial charge in [-0.1, -0.05) is 38.8 Å². The molecule has 0 aromatic carbocycles. The fourth-order valence-corrected chi connectivity index (χ4v) is 1.36. The molecule has 0 saturated carbocycles. The molecule has 0 spiro atoms. The van der Waals surface area contributed by atoms with Gasteiger partial charge in [0.2, 0.25) is 0 Å². The molecular formula is C11H22. The second kappa shape index (κ2) is 5.40. The van der Waals surface area contributed by atoms with E-state index in [2.05, 4.69) is 34.6 Å². The van der Waals surface area contributed by atoms with Crippen molar-refractivity contribution in [1.82, 2.24) is 0 Å².